The number of carbonyl (C=O) groups is 4. The highest BCUT2D eigenvalue weighted by Gasteiger charge is 2.47. The van der Waals surface area contributed by atoms with Gasteiger partial charge in [-0.2, -0.15) is 0 Å². The minimum absolute atomic E-state index is 0.188. The predicted octanol–water partition coefficient (Wildman–Crippen LogP) is 6.30. The third-order valence-electron chi connectivity index (χ3n) is 7.42. The molecule has 0 saturated carbocycles. The number of imide groups is 1. The number of nitrogens with zero attached hydrogens (tertiary/aromatic N) is 2. The molecule has 0 N–H and O–H groups in total. The van der Waals surface area contributed by atoms with Gasteiger partial charge in [-0.1, -0.05) is 40.2 Å². The fraction of sp³-hybridized carbons (Fsp3) is 0.156. The van der Waals surface area contributed by atoms with Crippen LogP contribution in [0.2, 0.25) is 0 Å². The van der Waals surface area contributed by atoms with Crippen molar-refractivity contribution in [1.29, 1.82) is 0 Å². The number of allylic oxidation sites excluding steroid dienone is 2. The van der Waals surface area contributed by atoms with Gasteiger partial charge in [0.25, 0.3) is 0 Å². The summed E-state index contributed by atoms with van der Waals surface area (Å²) >= 11 is 3.42. The lowest BCUT2D eigenvalue weighted by molar-refractivity contribution is -0.122. The van der Waals surface area contributed by atoms with Gasteiger partial charge in [0.1, 0.15) is 5.82 Å². The Kier molecular flexibility index (Phi) is 7.05. The van der Waals surface area contributed by atoms with Gasteiger partial charge in [-0.05, 0) is 73.5 Å². The minimum atomic E-state index is -0.715. The Morgan fingerprint density at radius 1 is 0.902 bits per heavy atom. The van der Waals surface area contributed by atoms with Crippen LogP contribution in [0.25, 0.3) is 22.2 Å². The van der Waals surface area contributed by atoms with Crippen molar-refractivity contribution in [3.63, 3.8) is 0 Å². The second kappa shape index (κ2) is 10.8. The quantitative estimate of drug-likeness (QED) is 0.110. The molecular weight excluding hydrogens is 591 g/mol. The lowest BCUT2D eigenvalue weighted by Crippen LogP contribution is -2.30. The average molecular weight is 613 g/mol. The number of benzene rings is 3. The smallest absolute Gasteiger partial charge is 0.339 e. The van der Waals surface area contributed by atoms with Gasteiger partial charge in [-0.3, -0.25) is 19.3 Å². The van der Waals surface area contributed by atoms with Crippen molar-refractivity contribution in [2.24, 2.45) is 11.8 Å². The van der Waals surface area contributed by atoms with Crippen LogP contribution < -0.4 is 4.90 Å². The number of hydrogen-bond acceptors (Lipinski definition) is 6. The van der Waals surface area contributed by atoms with Crippen LogP contribution in [0.4, 0.5) is 10.1 Å². The fourth-order valence-electron chi connectivity index (χ4n) is 5.28. The van der Waals surface area contributed by atoms with E-state index in [-0.39, 0.29) is 34.8 Å². The highest BCUT2D eigenvalue weighted by molar-refractivity contribution is 9.10. The average Bonchev–Trinajstić information content (AvgIpc) is 3.25. The van der Waals surface area contributed by atoms with Crippen LogP contribution in [0.1, 0.15) is 33.6 Å². The molecule has 1 aliphatic carbocycles. The first-order valence-electron chi connectivity index (χ1n) is 13.0. The summed E-state index contributed by atoms with van der Waals surface area (Å²) < 4.78 is 19.3. The van der Waals surface area contributed by atoms with Crippen molar-refractivity contribution >= 4 is 56.1 Å². The van der Waals surface area contributed by atoms with E-state index in [1.807, 2.05) is 12.2 Å². The number of anilines is 1. The molecule has 2 amide bonds. The maximum Gasteiger partial charge on any atom is 0.339 e. The number of pyridine rings is 1. The first-order valence-corrected chi connectivity index (χ1v) is 13.8. The van der Waals surface area contributed by atoms with Gasteiger partial charge in [0.15, 0.2) is 12.4 Å². The number of ketones is 1. The second-order valence-corrected chi connectivity index (χ2v) is 10.9. The summed E-state index contributed by atoms with van der Waals surface area (Å²) in [5.74, 6) is -2.67. The maximum absolute atomic E-state index is 13.2. The molecule has 1 saturated heterocycles. The Hall–Kier alpha value is -4.50. The zero-order valence-electron chi connectivity index (χ0n) is 21.6. The van der Waals surface area contributed by atoms with E-state index in [9.17, 15) is 23.6 Å². The van der Waals surface area contributed by atoms with E-state index < -0.39 is 24.2 Å². The Labute approximate surface area is 242 Å². The van der Waals surface area contributed by atoms with Gasteiger partial charge in [0, 0.05) is 21.0 Å². The lowest BCUT2D eigenvalue weighted by Gasteiger charge is -2.15. The van der Waals surface area contributed by atoms with Gasteiger partial charge in [0.05, 0.1) is 34.3 Å². The number of Topliss-reactive ketones (excluding diaryl/α,β-unsaturated/α-hetero) is 1. The van der Waals surface area contributed by atoms with E-state index in [4.69, 9.17) is 9.72 Å². The Morgan fingerprint density at radius 2 is 1.56 bits per heavy atom. The number of aromatic nitrogens is 1. The summed E-state index contributed by atoms with van der Waals surface area (Å²) in [5.41, 5.74) is 2.60. The number of esters is 1. The largest absolute Gasteiger partial charge is 0.454 e. The van der Waals surface area contributed by atoms with Gasteiger partial charge in [0.2, 0.25) is 11.8 Å². The van der Waals surface area contributed by atoms with Gasteiger partial charge < -0.3 is 4.74 Å². The summed E-state index contributed by atoms with van der Waals surface area (Å²) in [7, 11) is 0. The van der Waals surface area contributed by atoms with E-state index in [0.717, 1.165) is 4.47 Å². The Balaban J connectivity index is 1.28. The molecule has 0 unspecified atom stereocenters. The van der Waals surface area contributed by atoms with E-state index in [1.165, 1.54) is 29.2 Å². The van der Waals surface area contributed by atoms with Gasteiger partial charge in [-0.25, -0.2) is 14.2 Å². The zero-order valence-corrected chi connectivity index (χ0v) is 23.1. The monoisotopic (exact) mass is 612 g/mol. The van der Waals surface area contributed by atoms with Crippen molar-refractivity contribution in [3.8, 4) is 11.3 Å². The molecule has 41 heavy (non-hydrogen) atoms. The van der Waals surface area contributed by atoms with Crippen LogP contribution in [0.5, 0.6) is 0 Å². The number of amides is 2. The van der Waals surface area contributed by atoms with Crippen LogP contribution >= 0.6 is 15.9 Å². The topological polar surface area (TPSA) is 93.6 Å². The Morgan fingerprint density at radius 3 is 2.22 bits per heavy atom. The highest BCUT2D eigenvalue weighted by Crippen LogP contribution is 2.38. The minimum Gasteiger partial charge on any atom is -0.454 e. The number of fused-ring (bicyclic) bond motifs is 2. The van der Waals surface area contributed by atoms with Crippen molar-refractivity contribution in [2.45, 2.75) is 12.8 Å². The van der Waals surface area contributed by atoms with Crippen LogP contribution in [0.3, 0.4) is 0 Å². The molecule has 0 bridgehead atoms. The van der Waals surface area contributed by atoms with Crippen molar-refractivity contribution < 1.29 is 28.3 Å². The fourth-order valence-corrected chi connectivity index (χ4v) is 5.64. The molecule has 2 heterocycles. The summed E-state index contributed by atoms with van der Waals surface area (Å²) in [5, 5.41) is 0.531. The molecule has 1 aliphatic heterocycles. The highest BCUT2D eigenvalue weighted by atomic mass is 79.9. The predicted molar refractivity (Wildman–Crippen MR) is 154 cm³/mol. The molecule has 1 aromatic heterocycles. The molecule has 4 aromatic rings. The lowest BCUT2D eigenvalue weighted by atomic mass is 9.85. The SMILES string of the molecule is O=C(COC(=O)c1cc(-c2ccc(N3C(=O)[C@H]4CC=CC[C@H]4C3=O)cc2)nc2ccc(Br)cc12)c1ccc(F)cc1. The molecule has 2 aliphatic rings. The third-order valence-corrected chi connectivity index (χ3v) is 7.91. The van der Waals surface area contributed by atoms with Crippen molar-refractivity contribution in [2.75, 3.05) is 11.5 Å². The molecule has 9 heteroatoms. The van der Waals surface area contributed by atoms with Crippen LogP contribution in [0, 0.1) is 17.7 Å². The molecule has 3 aromatic carbocycles. The summed E-state index contributed by atoms with van der Waals surface area (Å²) in [4.78, 5) is 57.6. The number of rotatable bonds is 6. The van der Waals surface area contributed by atoms with Crippen molar-refractivity contribution in [3.05, 3.63) is 106 Å². The number of carbonyl (C=O) groups excluding carboxylic acids is 4. The van der Waals surface area contributed by atoms with E-state index in [0.29, 0.717) is 40.7 Å². The van der Waals surface area contributed by atoms with Crippen LogP contribution in [0.15, 0.2) is 89.4 Å². The summed E-state index contributed by atoms with van der Waals surface area (Å²) in [6.45, 7) is -0.512. The second-order valence-electron chi connectivity index (χ2n) is 9.94. The van der Waals surface area contributed by atoms with Crippen LogP contribution in [-0.2, 0) is 14.3 Å². The van der Waals surface area contributed by atoms with E-state index in [1.54, 1.807) is 48.5 Å². The molecule has 0 spiro atoms. The summed E-state index contributed by atoms with van der Waals surface area (Å²) in [6.07, 6.45) is 5.03. The summed E-state index contributed by atoms with van der Waals surface area (Å²) in [6, 6.07) is 18.8. The first kappa shape index (κ1) is 26.7. The van der Waals surface area contributed by atoms with Crippen molar-refractivity contribution in [1.82, 2.24) is 4.98 Å². The number of hydrogen-bond donors (Lipinski definition) is 0. The van der Waals surface area contributed by atoms with Gasteiger partial charge in [-0.15, -0.1) is 0 Å². The molecule has 204 valence electrons. The molecule has 7 nitrogen and oxygen atoms in total. The van der Waals surface area contributed by atoms with Crippen LogP contribution in [-0.4, -0.2) is 35.2 Å². The molecule has 1 fully saturated rings. The maximum atomic E-state index is 13.2. The van der Waals surface area contributed by atoms with Gasteiger partial charge >= 0.3 is 5.97 Å². The molecule has 0 radical (unpaired) electrons. The number of halogens is 2. The van der Waals surface area contributed by atoms with E-state index >= 15 is 0 Å². The molecular formula is C32H22BrFN2O5. The van der Waals surface area contributed by atoms with E-state index in [2.05, 4.69) is 15.9 Å². The molecule has 6 rings (SSSR count). The standard InChI is InChI=1S/C32H22BrFN2O5/c33-20-9-14-27-25(15-20)26(32(40)41-17-29(37)19-5-10-21(34)11-6-19)16-28(35-27)18-7-12-22(13-8-18)36-30(38)23-3-1-2-4-24(23)31(36)39/h1-2,5-16,23-24H,3-4,17H2/t23-,24+. The first-order chi connectivity index (χ1) is 19.8. The Bertz CT molecular complexity index is 1720. The molecule has 2 atom stereocenters. The number of ether oxygens (including phenoxy) is 1. The normalized spacial score (nSPS) is 18.0. The zero-order chi connectivity index (χ0) is 28.7. The third kappa shape index (κ3) is 5.09.